The molecule has 0 unspecified atom stereocenters. The average Bonchev–Trinajstić information content (AvgIpc) is 3.06. The van der Waals surface area contributed by atoms with Crippen molar-refractivity contribution in [3.05, 3.63) is 71.2 Å². The predicted octanol–water partition coefficient (Wildman–Crippen LogP) is 4.04. The first kappa shape index (κ1) is 24.5. The zero-order chi connectivity index (χ0) is 24.9. The maximum atomic E-state index is 15.0. The van der Waals surface area contributed by atoms with Crippen molar-refractivity contribution in [2.45, 2.75) is 25.3 Å². The van der Waals surface area contributed by atoms with Crippen molar-refractivity contribution in [3.63, 3.8) is 0 Å². The minimum atomic E-state index is -0.409. The number of carbonyl (C=O) groups excluding carboxylic acids is 2. The van der Waals surface area contributed by atoms with Crippen molar-refractivity contribution >= 4 is 29.4 Å². The maximum Gasteiger partial charge on any atom is 0.254 e. The molecule has 4 rings (SSSR count). The number of nitrogen functional groups attached to an aromatic ring is 1. The number of pyridine rings is 1. The van der Waals surface area contributed by atoms with E-state index in [1.165, 1.54) is 18.7 Å². The van der Waals surface area contributed by atoms with Gasteiger partial charge >= 0.3 is 0 Å². The summed E-state index contributed by atoms with van der Waals surface area (Å²) in [6, 6.07) is 12.8. The fraction of sp³-hybridized carbons (Fsp3) is 0.269. The number of nitrogens with one attached hydrogen (secondary N) is 1. The third kappa shape index (κ3) is 5.74. The van der Waals surface area contributed by atoms with Gasteiger partial charge in [0.15, 0.2) is 0 Å². The van der Waals surface area contributed by atoms with E-state index < -0.39 is 5.82 Å². The second-order valence-electron chi connectivity index (χ2n) is 8.25. The summed E-state index contributed by atoms with van der Waals surface area (Å²) in [5.74, 6) is 0.934. The van der Waals surface area contributed by atoms with Gasteiger partial charge < -0.3 is 20.7 Å². The van der Waals surface area contributed by atoms with Crippen molar-refractivity contribution in [2.24, 2.45) is 0 Å². The highest BCUT2D eigenvalue weighted by Crippen LogP contribution is 2.31. The van der Waals surface area contributed by atoms with Crippen LogP contribution in [-0.2, 0) is 11.3 Å². The maximum absolute atomic E-state index is 15.0. The Balaban J connectivity index is 1.52. The number of carbonyl (C=O) groups is 2. The summed E-state index contributed by atoms with van der Waals surface area (Å²) in [6.45, 7) is 4.59. The van der Waals surface area contributed by atoms with Crippen LogP contribution in [0.15, 0.2) is 53.6 Å². The molecule has 2 heterocycles. The highest BCUT2D eigenvalue weighted by Gasteiger charge is 2.24. The fourth-order valence-electron chi connectivity index (χ4n) is 3.89. The van der Waals surface area contributed by atoms with Gasteiger partial charge in [0.2, 0.25) is 5.91 Å². The zero-order valence-electron chi connectivity index (χ0n) is 19.6. The molecular weight excluding hydrogens is 467 g/mol. The first-order chi connectivity index (χ1) is 16.8. The summed E-state index contributed by atoms with van der Waals surface area (Å²) in [6.07, 6.45) is 1.71. The van der Waals surface area contributed by atoms with Crippen LogP contribution < -0.4 is 15.8 Å². The van der Waals surface area contributed by atoms with E-state index in [0.717, 1.165) is 22.4 Å². The van der Waals surface area contributed by atoms with Gasteiger partial charge in [0.05, 0.1) is 6.54 Å². The predicted molar refractivity (Wildman–Crippen MR) is 135 cm³/mol. The van der Waals surface area contributed by atoms with Gasteiger partial charge in [-0.1, -0.05) is 6.07 Å². The van der Waals surface area contributed by atoms with Crippen LogP contribution in [-0.4, -0.2) is 47.1 Å². The van der Waals surface area contributed by atoms with Crippen LogP contribution in [0.5, 0.6) is 5.75 Å². The van der Waals surface area contributed by atoms with E-state index in [2.05, 4.69) is 10.3 Å². The fourth-order valence-corrected chi connectivity index (χ4v) is 4.75. The van der Waals surface area contributed by atoms with Crippen molar-refractivity contribution < 1.29 is 18.7 Å². The van der Waals surface area contributed by atoms with Crippen LogP contribution in [0.4, 0.5) is 10.2 Å². The molecule has 0 bridgehead atoms. The molecule has 182 valence electrons. The van der Waals surface area contributed by atoms with Crippen LogP contribution in [0.1, 0.15) is 28.4 Å². The molecule has 9 heteroatoms. The summed E-state index contributed by atoms with van der Waals surface area (Å²) >= 11 is 1.31. The summed E-state index contributed by atoms with van der Waals surface area (Å²) in [5, 5.41) is 2.69. The number of hydrogen-bond acceptors (Lipinski definition) is 6. The lowest BCUT2D eigenvalue weighted by atomic mass is 10.0. The summed E-state index contributed by atoms with van der Waals surface area (Å²) in [4.78, 5) is 30.7. The van der Waals surface area contributed by atoms with Crippen LogP contribution in [0, 0.1) is 12.7 Å². The van der Waals surface area contributed by atoms with Gasteiger partial charge in [-0.05, 0) is 54.4 Å². The smallest absolute Gasteiger partial charge is 0.254 e. The molecule has 0 saturated carbocycles. The van der Waals surface area contributed by atoms with E-state index in [4.69, 9.17) is 10.5 Å². The quantitative estimate of drug-likeness (QED) is 0.397. The number of rotatable bonds is 6. The zero-order valence-corrected chi connectivity index (χ0v) is 20.5. The number of nitrogens with zero attached hydrogens (tertiary/aromatic N) is 2. The molecule has 1 aliphatic heterocycles. The number of amides is 2. The number of halogens is 1. The van der Waals surface area contributed by atoms with E-state index >= 15 is 4.39 Å². The minimum absolute atomic E-state index is 0.122. The van der Waals surface area contributed by atoms with Crippen LogP contribution in [0.3, 0.4) is 0 Å². The van der Waals surface area contributed by atoms with Crippen LogP contribution in [0.25, 0.3) is 11.1 Å². The Morgan fingerprint density at radius 3 is 2.74 bits per heavy atom. The number of benzene rings is 2. The number of hydrogen-bond donors (Lipinski definition) is 2. The standard InChI is InChI=1S/C26H27FN4O3S/c1-16-21(5-7-23(25(16)27)35-12-9-29-17(2)32)26(33)31-10-11-34-22-6-3-18(13-20(22)15-31)19-4-8-24(28)30-14-19/h3-8,13-14H,9-12,15H2,1-2H3,(H2,28,30)(H,29,32). The van der Waals surface area contributed by atoms with Gasteiger partial charge in [-0.25, -0.2) is 9.37 Å². The summed E-state index contributed by atoms with van der Waals surface area (Å²) in [5.41, 5.74) is 9.06. The Bertz CT molecular complexity index is 1250. The largest absolute Gasteiger partial charge is 0.491 e. The van der Waals surface area contributed by atoms with Gasteiger partial charge in [-0.15, -0.1) is 11.8 Å². The Kier molecular flexibility index (Phi) is 7.55. The molecule has 1 aromatic heterocycles. The summed E-state index contributed by atoms with van der Waals surface area (Å²) in [7, 11) is 0. The monoisotopic (exact) mass is 494 g/mol. The van der Waals surface area contributed by atoms with Crippen LogP contribution >= 0.6 is 11.8 Å². The summed E-state index contributed by atoms with van der Waals surface area (Å²) < 4.78 is 20.9. The lowest BCUT2D eigenvalue weighted by Crippen LogP contribution is -2.33. The number of aromatic nitrogens is 1. The van der Waals surface area contributed by atoms with Crippen molar-refractivity contribution in [1.29, 1.82) is 0 Å². The van der Waals surface area contributed by atoms with Crippen LogP contribution in [0.2, 0.25) is 0 Å². The van der Waals surface area contributed by atoms with E-state index in [-0.39, 0.29) is 11.8 Å². The number of thioether (sulfide) groups is 1. The van der Waals surface area contributed by atoms with Gasteiger partial charge in [0.25, 0.3) is 5.91 Å². The number of anilines is 1. The third-order valence-electron chi connectivity index (χ3n) is 5.76. The van der Waals surface area contributed by atoms with E-state index in [0.29, 0.717) is 53.8 Å². The molecule has 3 aromatic rings. The lowest BCUT2D eigenvalue weighted by molar-refractivity contribution is -0.118. The highest BCUT2D eigenvalue weighted by molar-refractivity contribution is 7.99. The van der Waals surface area contributed by atoms with Crippen molar-refractivity contribution in [2.75, 3.05) is 31.2 Å². The number of nitrogens with two attached hydrogens (primary N) is 1. The molecule has 0 fully saturated rings. The highest BCUT2D eigenvalue weighted by atomic mass is 32.2. The Hall–Kier alpha value is -3.59. The Morgan fingerprint density at radius 2 is 2.00 bits per heavy atom. The average molecular weight is 495 g/mol. The molecule has 1 aliphatic rings. The second-order valence-corrected chi connectivity index (χ2v) is 9.39. The molecule has 0 atom stereocenters. The lowest BCUT2D eigenvalue weighted by Gasteiger charge is -2.21. The minimum Gasteiger partial charge on any atom is -0.491 e. The normalized spacial score (nSPS) is 12.9. The third-order valence-corrected chi connectivity index (χ3v) is 6.80. The van der Waals surface area contributed by atoms with E-state index in [9.17, 15) is 9.59 Å². The van der Waals surface area contributed by atoms with Gasteiger partial charge in [0.1, 0.15) is 24.0 Å². The van der Waals surface area contributed by atoms with Gasteiger partial charge in [-0.3, -0.25) is 9.59 Å². The number of fused-ring (bicyclic) bond motifs is 1. The first-order valence-corrected chi connectivity index (χ1v) is 12.3. The van der Waals surface area contributed by atoms with Crippen molar-refractivity contribution in [3.8, 4) is 16.9 Å². The first-order valence-electron chi connectivity index (χ1n) is 11.3. The molecule has 0 saturated heterocycles. The molecule has 35 heavy (non-hydrogen) atoms. The topological polar surface area (TPSA) is 97.5 Å². The molecular formula is C26H27FN4O3S. The van der Waals surface area contributed by atoms with E-state index in [1.54, 1.807) is 36.2 Å². The molecule has 0 spiro atoms. The molecule has 2 amide bonds. The molecule has 3 N–H and O–H groups in total. The van der Waals surface area contributed by atoms with E-state index in [1.807, 2.05) is 24.3 Å². The SMILES string of the molecule is CC(=O)NCCSc1ccc(C(=O)N2CCOc3ccc(-c4ccc(N)nc4)cc3C2)c(C)c1F. The van der Waals surface area contributed by atoms with Gasteiger partial charge in [0, 0.05) is 53.5 Å². The molecule has 0 radical (unpaired) electrons. The van der Waals surface area contributed by atoms with Crippen molar-refractivity contribution in [1.82, 2.24) is 15.2 Å². The Morgan fingerprint density at radius 1 is 1.20 bits per heavy atom. The molecule has 2 aromatic carbocycles. The molecule has 0 aliphatic carbocycles. The van der Waals surface area contributed by atoms with Gasteiger partial charge in [-0.2, -0.15) is 0 Å². The second kappa shape index (κ2) is 10.8. The number of ether oxygens (including phenoxy) is 1. The molecule has 7 nitrogen and oxygen atoms in total. The Labute approximate surface area is 207 Å².